The van der Waals surface area contributed by atoms with Gasteiger partial charge in [-0.3, -0.25) is 0 Å². The number of aryl methyl sites for hydroxylation is 2. The molecule has 0 saturated carbocycles. The number of hydrogen-bond donors (Lipinski definition) is 1. The van der Waals surface area contributed by atoms with Gasteiger partial charge in [0.25, 0.3) is 0 Å². The summed E-state index contributed by atoms with van der Waals surface area (Å²) < 4.78 is 47.5. The highest BCUT2D eigenvalue weighted by molar-refractivity contribution is 9.09. The van der Waals surface area contributed by atoms with Crippen LogP contribution in [0, 0.1) is 0 Å². The highest BCUT2D eigenvalue weighted by Gasteiger charge is 2.40. The van der Waals surface area contributed by atoms with Gasteiger partial charge < -0.3 is 27.0 Å². The number of halogens is 5. The second-order valence-corrected chi connectivity index (χ2v) is 7.09. The molecule has 1 amide bonds. The van der Waals surface area contributed by atoms with Gasteiger partial charge in [0.05, 0.1) is 13.1 Å². The molecule has 0 aliphatic heterocycles. The Bertz CT molecular complexity index is 740. The summed E-state index contributed by atoms with van der Waals surface area (Å²) in [6.45, 7) is 1.06. The van der Waals surface area contributed by atoms with Crippen molar-refractivity contribution in [1.29, 1.82) is 0 Å². The van der Waals surface area contributed by atoms with E-state index >= 15 is 0 Å². The van der Waals surface area contributed by atoms with E-state index in [0.29, 0.717) is 13.0 Å². The van der Waals surface area contributed by atoms with Crippen LogP contribution in [0.1, 0.15) is 30.5 Å². The van der Waals surface area contributed by atoms with E-state index < -0.39 is 18.0 Å². The normalized spacial score (nSPS) is 11.0. The number of rotatable bonds is 10. The first-order valence-corrected chi connectivity index (χ1v) is 10.2. The zero-order chi connectivity index (χ0) is 20.4. The molecule has 2 aromatic rings. The van der Waals surface area contributed by atoms with E-state index in [1.807, 2.05) is 30.3 Å². The van der Waals surface area contributed by atoms with Crippen molar-refractivity contribution in [3.63, 3.8) is 0 Å². The van der Waals surface area contributed by atoms with Crippen molar-refractivity contribution in [1.82, 2.24) is 9.88 Å². The fourth-order valence-corrected chi connectivity index (χ4v) is 3.04. The van der Waals surface area contributed by atoms with Crippen molar-refractivity contribution in [3.8, 4) is 0 Å². The number of imidazole rings is 1. The minimum atomic E-state index is -4.41. The number of unbranched alkanes of at least 4 members (excludes halogenated alkanes) is 1. The number of ether oxygens (including phenoxy) is 1. The molecule has 5 nitrogen and oxygen atoms in total. The second kappa shape index (κ2) is 12.9. The number of carbonyl (C=O) groups is 1. The van der Waals surface area contributed by atoms with Gasteiger partial charge in [-0.15, -0.1) is 0 Å². The maximum atomic E-state index is 13.2. The monoisotopic (exact) mass is 541 g/mol. The lowest BCUT2D eigenvalue weighted by Crippen LogP contribution is -3.00. The van der Waals surface area contributed by atoms with Crippen molar-refractivity contribution in [2.24, 2.45) is 0 Å². The lowest BCUT2D eigenvalue weighted by Gasteiger charge is -2.07. The molecule has 1 heterocycles. The molecule has 29 heavy (non-hydrogen) atoms. The summed E-state index contributed by atoms with van der Waals surface area (Å²) >= 11 is 3.31. The third-order valence-electron chi connectivity index (χ3n) is 4.03. The van der Waals surface area contributed by atoms with Gasteiger partial charge in [-0.1, -0.05) is 46.3 Å². The van der Waals surface area contributed by atoms with E-state index in [9.17, 15) is 18.0 Å². The Hall–Kier alpha value is -1.55. The summed E-state index contributed by atoms with van der Waals surface area (Å²) in [5.41, 5.74) is 0.183. The predicted molar refractivity (Wildman–Crippen MR) is 102 cm³/mol. The van der Waals surface area contributed by atoms with E-state index in [1.54, 1.807) is 4.57 Å². The first-order valence-electron chi connectivity index (χ1n) is 9.07. The third kappa shape index (κ3) is 9.20. The van der Waals surface area contributed by atoms with Gasteiger partial charge in [-0.25, -0.2) is 13.9 Å². The third-order valence-corrected chi connectivity index (χ3v) is 4.59. The molecule has 0 atom stereocenters. The molecule has 0 saturated heterocycles. The Morgan fingerprint density at radius 1 is 1.17 bits per heavy atom. The molecule has 0 aliphatic rings. The summed E-state index contributed by atoms with van der Waals surface area (Å²) in [5.74, 6) is 0. The van der Waals surface area contributed by atoms with Crippen molar-refractivity contribution < 1.29 is 44.3 Å². The van der Waals surface area contributed by atoms with E-state index in [4.69, 9.17) is 4.74 Å². The first-order chi connectivity index (χ1) is 13.4. The second-order valence-electron chi connectivity index (χ2n) is 6.30. The summed E-state index contributed by atoms with van der Waals surface area (Å²) in [5, 5.41) is 3.39. The first kappa shape index (κ1) is 25.5. The van der Waals surface area contributed by atoms with E-state index in [0.717, 1.165) is 29.9 Å². The van der Waals surface area contributed by atoms with Gasteiger partial charge in [0, 0.05) is 18.3 Å². The smallest absolute Gasteiger partial charge is 0.457 e. The van der Waals surface area contributed by atoms with Crippen LogP contribution < -0.4 is 26.9 Å². The average Bonchev–Trinajstić information content (AvgIpc) is 3.08. The molecule has 0 aliphatic carbocycles. The SMILES string of the molecule is O=C(NCCCn1c[n+](CCCCBr)cc1C(F)(F)F)OCc1ccccc1.[Br-]. The van der Waals surface area contributed by atoms with Gasteiger partial charge in [0.1, 0.15) is 12.8 Å². The van der Waals surface area contributed by atoms with Gasteiger partial charge in [-0.2, -0.15) is 13.2 Å². The highest BCUT2D eigenvalue weighted by Crippen LogP contribution is 2.28. The molecule has 1 aromatic heterocycles. The molecular formula is C19H24Br2F3N3O2. The van der Waals surface area contributed by atoms with Crippen molar-refractivity contribution in [3.05, 3.63) is 54.1 Å². The minimum Gasteiger partial charge on any atom is -1.00 e. The zero-order valence-corrected chi connectivity index (χ0v) is 19.0. The standard InChI is InChI=1S/C19H23BrF3N3O2.BrH/c20-9-4-5-11-25-13-17(19(21,22)23)26(15-25)12-6-10-24-18(27)28-14-16-7-2-1-3-8-16;/h1-3,7-8,13,15H,4-6,9-12,14H2;1H. The zero-order valence-electron chi connectivity index (χ0n) is 15.8. The molecule has 0 radical (unpaired) electrons. The predicted octanol–water partition coefficient (Wildman–Crippen LogP) is 1.29. The lowest BCUT2D eigenvalue weighted by atomic mass is 10.2. The van der Waals surface area contributed by atoms with E-state index in [-0.39, 0.29) is 36.7 Å². The number of alkyl halides is 4. The summed E-state index contributed by atoms with van der Waals surface area (Å²) in [6.07, 6.45) is -0.332. The topological polar surface area (TPSA) is 47.1 Å². The average molecular weight is 543 g/mol. The van der Waals surface area contributed by atoms with Gasteiger partial charge in [-0.05, 0) is 18.4 Å². The van der Waals surface area contributed by atoms with Crippen LogP contribution in [0.5, 0.6) is 0 Å². The van der Waals surface area contributed by atoms with Crippen molar-refractivity contribution in [2.75, 3.05) is 11.9 Å². The Morgan fingerprint density at radius 2 is 1.90 bits per heavy atom. The molecule has 1 aromatic carbocycles. The van der Waals surface area contributed by atoms with Gasteiger partial charge >= 0.3 is 12.3 Å². The van der Waals surface area contributed by atoms with Crippen LogP contribution in [0.2, 0.25) is 0 Å². The van der Waals surface area contributed by atoms with E-state index in [1.165, 1.54) is 10.9 Å². The number of benzene rings is 1. The Labute approximate surface area is 187 Å². The number of nitrogens with zero attached hydrogens (tertiary/aromatic N) is 2. The highest BCUT2D eigenvalue weighted by atomic mass is 79.9. The van der Waals surface area contributed by atoms with Crippen LogP contribution in [-0.4, -0.2) is 22.5 Å². The number of hydrogen-bond acceptors (Lipinski definition) is 2. The molecule has 0 fully saturated rings. The number of nitrogens with one attached hydrogen (secondary N) is 1. The van der Waals surface area contributed by atoms with Crippen LogP contribution in [0.4, 0.5) is 18.0 Å². The van der Waals surface area contributed by atoms with Crippen molar-refractivity contribution in [2.45, 2.75) is 45.1 Å². The summed E-state index contributed by atoms with van der Waals surface area (Å²) in [7, 11) is 0. The van der Waals surface area contributed by atoms with Gasteiger partial charge in [0.2, 0.25) is 12.0 Å². The van der Waals surface area contributed by atoms with Crippen LogP contribution in [-0.2, 0) is 30.6 Å². The molecule has 162 valence electrons. The number of alkyl carbamates (subject to hydrolysis) is 1. The maximum absolute atomic E-state index is 13.2. The Kier molecular flexibility index (Phi) is 11.3. The maximum Gasteiger partial charge on any atom is 0.457 e. The van der Waals surface area contributed by atoms with Crippen LogP contribution in [0.3, 0.4) is 0 Å². The fourth-order valence-electron chi connectivity index (χ4n) is 2.65. The number of amides is 1. The Morgan fingerprint density at radius 3 is 2.55 bits per heavy atom. The van der Waals surface area contributed by atoms with Crippen molar-refractivity contribution >= 4 is 22.0 Å². The number of carbonyl (C=O) groups excluding carboxylic acids is 1. The Balaban J connectivity index is 0.00000420. The van der Waals surface area contributed by atoms with Gasteiger partial charge in [0.15, 0.2) is 0 Å². The molecule has 10 heteroatoms. The molecule has 2 rings (SSSR count). The summed E-state index contributed by atoms with van der Waals surface area (Å²) in [4.78, 5) is 11.7. The number of aromatic nitrogens is 2. The van der Waals surface area contributed by atoms with Crippen LogP contribution in [0.25, 0.3) is 0 Å². The van der Waals surface area contributed by atoms with E-state index in [2.05, 4.69) is 21.2 Å². The van der Waals surface area contributed by atoms with Crippen LogP contribution >= 0.6 is 15.9 Å². The molecule has 1 N–H and O–H groups in total. The van der Waals surface area contributed by atoms with Crippen LogP contribution in [0.15, 0.2) is 42.9 Å². The fraction of sp³-hybridized carbons (Fsp3) is 0.474. The quantitative estimate of drug-likeness (QED) is 0.279. The molecule has 0 unspecified atom stereocenters. The molecule has 0 spiro atoms. The lowest BCUT2D eigenvalue weighted by molar-refractivity contribution is -0.697. The largest absolute Gasteiger partial charge is 1.00 e. The molecular weight excluding hydrogens is 519 g/mol. The molecule has 0 bridgehead atoms. The minimum absolute atomic E-state index is 0. The summed E-state index contributed by atoms with van der Waals surface area (Å²) in [6, 6.07) is 9.23.